The molecule has 0 heterocycles. The molecule has 80 valence electrons. The number of rotatable bonds is 2. The Balaban J connectivity index is 3.33. The van der Waals surface area contributed by atoms with Crippen molar-refractivity contribution in [2.75, 3.05) is 5.32 Å². The van der Waals surface area contributed by atoms with Gasteiger partial charge in [-0.15, -0.1) is 0 Å². The summed E-state index contributed by atoms with van der Waals surface area (Å²) in [6.07, 6.45) is 0. The summed E-state index contributed by atoms with van der Waals surface area (Å²) in [7, 11) is 0. The van der Waals surface area contributed by atoms with E-state index in [2.05, 4.69) is 37.2 Å². The molecule has 1 aromatic rings. The molecule has 0 aliphatic rings. The maximum Gasteiger partial charge on any atom is 0.337 e. The molecule has 0 fully saturated rings. The highest BCUT2D eigenvalue weighted by molar-refractivity contribution is 9.11. The lowest BCUT2D eigenvalue weighted by molar-refractivity contribution is -0.114. The minimum absolute atomic E-state index is 0.0338. The molecule has 6 heteroatoms. The summed E-state index contributed by atoms with van der Waals surface area (Å²) in [5, 5.41) is 11.4. The molecule has 1 aromatic carbocycles. The van der Waals surface area contributed by atoms with E-state index in [4.69, 9.17) is 5.11 Å². The van der Waals surface area contributed by atoms with Gasteiger partial charge in [0.2, 0.25) is 5.91 Å². The summed E-state index contributed by atoms with van der Waals surface area (Å²) in [5.74, 6) is -1.42. The number of amides is 1. The Morgan fingerprint density at radius 1 is 1.33 bits per heavy atom. The highest BCUT2D eigenvalue weighted by Crippen LogP contribution is 2.30. The van der Waals surface area contributed by atoms with Gasteiger partial charge in [0.15, 0.2) is 0 Å². The van der Waals surface area contributed by atoms with Gasteiger partial charge in [0.1, 0.15) is 0 Å². The topological polar surface area (TPSA) is 66.4 Å². The number of hydrogen-bond acceptors (Lipinski definition) is 2. The van der Waals surface area contributed by atoms with Gasteiger partial charge < -0.3 is 10.4 Å². The van der Waals surface area contributed by atoms with Crippen LogP contribution in [0, 0.1) is 0 Å². The SMILES string of the molecule is CC(=O)Nc1c(Br)cc(Br)cc1C(=O)O. The molecule has 0 aromatic heterocycles. The van der Waals surface area contributed by atoms with E-state index in [0.29, 0.717) is 8.95 Å². The minimum atomic E-state index is -1.10. The third-order valence-corrected chi connectivity index (χ3v) is 2.67. The van der Waals surface area contributed by atoms with E-state index in [1.807, 2.05) is 0 Å². The number of aromatic carboxylic acids is 1. The van der Waals surface area contributed by atoms with Crippen LogP contribution in [-0.2, 0) is 4.79 Å². The Hall–Kier alpha value is -0.880. The van der Waals surface area contributed by atoms with E-state index >= 15 is 0 Å². The average Bonchev–Trinajstić information content (AvgIpc) is 2.08. The third kappa shape index (κ3) is 3.04. The molecule has 0 unspecified atom stereocenters. The van der Waals surface area contributed by atoms with Gasteiger partial charge in [-0.05, 0) is 28.1 Å². The second-order valence-electron chi connectivity index (χ2n) is 2.80. The first-order valence-corrected chi connectivity index (χ1v) is 5.50. The van der Waals surface area contributed by atoms with Crippen LogP contribution in [0.1, 0.15) is 17.3 Å². The Morgan fingerprint density at radius 3 is 2.40 bits per heavy atom. The first-order chi connectivity index (χ1) is 6.91. The predicted octanol–water partition coefficient (Wildman–Crippen LogP) is 2.87. The van der Waals surface area contributed by atoms with Crippen molar-refractivity contribution < 1.29 is 14.7 Å². The Bertz CT molecular complexity index is 432. The lowest BCUT2D eigenvalue weighted by Gasteiger charge is -2.09. The second-order valence-corrected chi connectivity index (χ2v) is 4.57. The monoisotopic (exact) mass is 335 g/mol. The number of benzene rings is 1. The van der Waals surface area contributed by atoms with Crippen LogP contribution in [0.3, 0.4) is 0 Å². The molecule has 0 bridgehead atoms. The van der Waals surface area contributed by atoms with Crippen LogP contribution in [0.25, 0.3) is 0 Å². The molecule has 0 aliphatic carbocycles. The van der Waals surface area contributed by atoms with Crippen LogP contribution in [-0.4, -0.2) is 17.0 Å². The standard InChI is InChI=1S/C9H7Br2NO3/c1-4(13)12-8-6(9(14)15)2-5(10)3-7(8)11/h2-3H,1H3,(H,12,13)(H,14,15). The van der Waals surface area contributed by atoms with Crippen LogP contribution < -0.4 is 5.32 Å². The van der Waals surface area contributed by atoms with Gasteiger partial charge in [-0.3, -0.25) is 4.79 Å². The van der Waals surface area contributed by atoms with E-state index in [1.165, 1.54) is 13.0 Å². The van der Waals surface area contributed by atoms with E-state index in [0.717, 1.165) is 0 Å². The highest BCUT2D eigenvalue weighted by Gasteiger charge is 2.15. The van der Waals surface area contributed by atoms with Crippen molar-refractivity contribution >= 4 is 49.4 Å². The zero-order valence-corrected chi connectivity index (χ0v) is 10.8. The summed E-state index contributed by atoms with van der Waals surface area (Å²) >= 11 is 6.36. The van der Waals surface area contributed by atoms with E-state index in [1.54, 1.807) is 6.07 Å². The van der Waals surface area contributed by atoms with Crippen LogP contribution in [0.15, 0.2) is 21.1 Å². The molecule has 0 saturated heterocycles. The summed E-state index contributed by atoms with van der Waals surface area (Å²) in [6, 6.07) is 3.09. The van der Waals surface area contributed by atoms with E-state index in [9.17, 15) is 9.59 Å². The second kappa shape index (κ2) is 4.76. The normalized spacial score (nSPS) is 9.80. The molecular weight excluding hydrogens is 330 g/mol. The molecule has 0 atom stereocenters. The quantitative estimate of drug-likeness (QED) is 0.872. The van der Waals surface area contributed by atoms with Crippen molar-refractivity contribution in [2.45, 2.75) is 6.92 Å². The fourth-order valence-electron chi connectivity index (χ4n) is 1.05. The van der Waals surface area contributed by atoms with E-state index < -0.39 is 5.97 Å². The van der Waals surface area contributed by atoms with Gasteiger partial charge in [0, 0.05) is 15.9 Å². The first-order valence-electron chi connectivity index (χ1n) is 3.91. The zero-order valence-electron chi connectivity index (χ0n) is 7.67. The molecule has 2 N–H and O–H groups in total. The zero-order chi connectivity index (χ0) is 11.6. The lowest BCUT2D eigenvalue weighted by Crippen LogP contribution is -2.11. The molecule has 1 amide bonds. The number of carbonyl (C=O) groups is 2. The Morgan fingerprint density at radius 2 is 1.93 bits per heavy atom. The highest BCUT2D eigenvalue weighted by atomic mass is 79.9. The summed E-state index contributed by atoms with van der Waals surface area (Å²) < 4.78 is 1.14. The van der Waals surface area contributed by atoms with Crippen LogP contribution in [0.4, 0.5) is 5.69 Å². The predicted molar refractivity (Wildman–Crippen MR) is 63.1 cm³/mol. The lowest BCUT2D eigenvalue weighted by atomic mass is 10.2. The van der Waals surface area contributed by atoms with Gasteiger partial charge in [0.05, 0.1) is 11.3 Å². The maximum absolute atomic E-state index is 10.9. The van der Waals surface area contributed by atoms with Gasteiger partial charge in [-0.25, -0.2) is 4.79 Å². The summed E-state index contributed by atoms with van der Waals surface area (Å²) in [4.78, 5) is 21.8. The number of hydrogen-bond donors (Lipinski definition) is 2. The van der Waals surface area contributed by atoms with Crippen LogP contribution in [0.5, 0.6) is 0 Å². The third-order valence-electron chi connectivity index (χ3n) is 1.59. The smallest absolute Gasteiger partial charge is 0.337 e. The first kappa shape index (κ1) is 12.2. The fraction of sp³-hybridized carbons (Fsp3) is 0.111. The van der Waals surface area contributed by atoms with E-state index in [-0.39, 0.29) is 17.2 Å². The number of carboxylic acids is 1. The molecule has 0 aliphatic heterocycles. The minimum Gasteiger partial charge on any atom is -0.478 e. The number of carbonyl (C=O) groups excluding carboxylic acids is 1. The molecular formula is C9H7Br2NO3. The van der Waals surface area contributed by atoms with Crippen LogP contribution >= 0.6 is 31.9 Å². The Labute approximate surface area is 103 Å². The molecule has 0 spiro atoms. The Kier molecular flexibility index (Phi) is 3.87. The van der Waals surface area contributed by atoms with Gasteiger partial charge >= 0.3 is 5.97 Å². The molecule has 0 radical (unpaired) electrons. The van der Waals surface area contributed by atoms with Crippen molar-refractivity contribution in [3.05, 3.63) is 26.6 Å². The number of carboxylic acid groups (broad SMARTS) is 1. The largest absolute Gasteiger partial charge is 0.478 e. The molecule has 15 heavy (non-hydrogen) atoms. The molecule has 0 saturated carbocycles. The van der Waals surface area contributed by atoms with Gasteiger partial charge in [-0.1, -0.05) is 15.9 Å². The number of anilines is 1. The summed E-state index contributed by atoms with van der Waals surface area (Å²) in [6.45, 7) is 1.32. The maximum atomic E-state index is 10.9. The van der Waals surface area contributed by atoms with Crippen LogP contribution in [0.2, 0.25) is 0 Å². The van der Waals surface area contributed by atoms with Crippen molar-refractivity contribution in [2.24, 2.45) is 0 Å². The number of halogens is 2. The van der Waals surface area contributed by atoms with Gasteiger partial charge in [0.25, 0.3) is 0 Å². The van der Waals surface area contributed by atoms with Crippen molar-refractivity contribution in [1.29, 1.82) is 0 Å². The molecule has 4 nitrogen and oxygen atoms in total. The summed E-state index contributed by atoms with van der Waals surface area (Å²) in [5.41, 5.74) is 0.296. The van der Waals surface area contributed by atoms with Crippen molar-refractivity contribution in [3.8, 4) is 0 Å². The van der Waals surface area contributed by atoms with Crippen molar-refractivity contribution in [3.63, 3.8) is 0 Å². The van der Waals surface area contributed by atoms with Crippen molar-refractivity contribution in [1.82, 2.24) is 0 Å². The van der Waals surface area contributed by atoms with Gasteiger partial charge in [-0.2, -0.15) is 0 Å². The fourth-order valence-corrected chi connectivity index (χ4v) is 2.37. The number of nitrogens with one attached hydrogen (secondary N) is 1. The average molecular weight is 337 g/mol. The molecule has 1 rings (SSSR count).